The average Bonchev–Trinajstić information content (AvgIpc) is 3.10. The molecule has 2 aromatic rings. The smallest absolute Gasteiger partial charge is 0.297 e. The summed E-state index contributed by atoms with van der Waals surface area (Å²) in [5, 5.41) is 0. The molecule has 2 heterocycles. The highest BCUT2D eigenvalue weighted by molar-refractivity contribution is 7.86. The van der Waals surface area contributed by atoms with Gasteiger partial charge in [0.15, 0.2) is 17.6 Å². The highest BCUT2D eigenvalue weighted by Crippen LogP contribution is 2.57. The van der Waals surface area contributed by atoms with Gasteiger partial charge in [0.2, 0.25) is 0 Å². The van der Waals surface area contributed by atoms with Gasteiger partial charge in [0.1, 0.15) is 0 Å². The third kappa shape index (κ3) is 3.72. The summed E-state index contributed by atoms with van der Waals surface area (Å²) in [5.41, 5.74) is 2.31. The second-order valence-corrected chi connectivity index (χ2v) is 11.1. The lowest BCUT2D eigenvalue weighted by Gasteiger charge is -2.50. The summed E-state index contributed by atoms with van der Waals surface area (Å²) in [6, 6.07) is 10.4. The molecule has 4 atom stereocenters. The molecule has 1 aliphatic carbocycles. The number of rotatable bonds is 6. The number of benzene rings is 2. The first-order valence-electron chi connectivity index (χ1n) is 11.8. The second-order valence-electron chi connectivity index (χ2n) is 9.55. The first-order chi connectivity index (χ1) is 16.7. The van der Waals surface area contributed by atoms with Crippen LogP contribution >= 0.6 is 0 Å². The van der Waals surface area contributed by atoms with Crippen molar-refractivity contribution < 1.29 is 31.6 Å². The number of carbonyl (C=O) groups excluding carboxylic acids is 1. The van der Waals surface area contributed by atoms with E-state index in [1.54, 1.807) is 33.5 Å². The van der Waals surface area contributed by atoms with E-state index in [0.29, 0.717) is 37.3 Å². The minimum absolute atomic E-state index is 0.0423. The van der Waals surface area contributed by atoms with Gasteiger partial charge in [0, 0.05) is 19.6 Å². The van der Waals surface area contributed by atoms with E-state index in [1.165, 1.54) is 12.1 Å². The first-order valence-corrected chi connectivity index (χ1v) is 13.3. The molecule has 1 spiro atoms. The fraction of sp³-hybridized carbons (Fsp3) is 0.500. The van der Waals surface area contributed by atoms with E-state index in [2.05, 4.69) is 0 Å². The number of ether oxygens (including phenoxy) is 3. The van der Waals surface area contributed by atoms with Crippen LogP contribution in [0.4, 0.5) is 0 Å². The normalized spacial score (nSPS) is 27.7. The molecule has 8 nitrogen and oxygen atoms in total. The molecule has 2 aliphatic heterocycles. The molecular formula is C26H31NO7S. The number of aryl methyl sites for hydroxylation is 1. The fourth-order valence-corrected chi connectivity index (χ4v) is 7.24. The van der Waals surface area contributed by atoms with E-state index >= 15 is 0 Å². The van der Waals surface area contributed by atoms with Crippen LogP contribution < -0.4 is 9.47 Å². The van der Waals surface area contributed by atoms with Crippen LogP contribution in [0.15, 0.2) is 41.3 Å². The number of nitrogens with zero attached hydrogens (tertiary/aromatic N) is 1. The molecule has 0 N–H and O–H groups in total. The molecule has 2 aromatic carbocycles. The Hall–Kier alpha value is -2.62. The maximum Gasteiger partial charge on any atom is 0.297 e. The molecule has 188 valence electrons. The fourth-order valence-electron chi connectivity index (χ4n) is 6.17. The Bertz CT molecular complexity index is 1240. The van der Waals surface area contributed by atoms with Gasteiger partial charge in [-0.15, -0.1) is 0 Å². The summed E-state index contributed by atoms with van der Waals surface area (Å²) in [6.07, 6.45) is 1.34. The summed E-state index contributed by atoms with van der Waals surface area (Å²) in [6.45, 7) is 2.37. The quantitative estimate of drug-likeness (QED) is 0.562. The zero-order valence-electron chi connectivity index (χ0n) is 20.4. The molecule has 0 unspecified atom stereocenters. The van der Waals surface area contributed by atoms with Crippen molar-refractivity contribution in [3.05, 3.63) is 53.1 Å². The van der Waals surface area contributed by atoms with Gasteiger partial charge in [-0.3, -0.25) is 8.98 Å². The van der Waals surface area contributed by atoms with Gasteiger partial charge in [-0.2, -0.15) is 8.42 Å². The Morgan fingerprint density at radius 1 is 1.03 bits per heavy atom. The molecule has 5 rings (SSSR count). The van der Waals surface area contributed by atoms with Crippen molar-refractivity contribution in [2.24, 2.45) is 5.92 Å². The van der Waals surface area contributed by atoms with Gasteiger partial charge in [-0.25, -0.2) is 0 Å². The molecule has 0 radical (unpaired) electrons. The first kappa shape index (κ1) is 24.1. The zero-order chi connectivity index (χ0) is 25.0. The molecule has 1 saturated heterocycles. The average molecular weight is 502 g/mol. The predicted molar refractivity (Wildman–Crippen MR) is 128 cm³/mol. The number of carbonyl (C=O) groups is 1. The van der Waals surface area contributed by atoms with E-state index < -0.39 is 27.7 Å². The number of methoxy groups -OCH3 is 3. The Balaban J connectivity index is 1.61. The van der Waals surface area contributed by atoms with E-state index in [0.717, 1.165) is 23.1 Å². The van der Waals surface area contributed by atoms with E-state index in [9.17, 15) is 13.2 Å². The highest BCUT2D eigenvalue weighted by Gasteiger charge is 2.64. The van der Waals surface area contributed by atoms with Crippen LogP contribution in [0.25, 0.3) is 0 Å². The summed E-state index contributed by atoms with van der Waals surface area (Å²) < 4.78 is 49.0. The van der Waals surface area contributed by atoms with Gasteiger partial charge in [0.05, 0.1) is 30.8 Å². The lowest BCUT2D eigenvalue weighted by atomic mass is 9.65. The van der Waals surface area contributed by atoms with Crippen molar-refractivity contribution in [1.29, 1.82) is 0 Å². The number of hydrogen-bond acceptors (Lipinski definition) is 7. The largest absolute Gasteiger partial charge is 0.493 e. The lowest BCUT2D eigenvalue weighted by molar-refractivity contribution is -0.136. The van der Waals surface area contributed by atoms with Crippen LogP contribution in [0.2, 0.25) is 0 Å². The maximum absolute atomic E-state index is 13.8. The molecule has 1 saturated carbocycles. The van der Waals surface area contributed by atoms with Crippen LogP contribution in [-0.4, -0.2) is 59.3 Å². The predicted octanol–water partition coefficient (Wildman–Crippen LogP) is 3.20. The van der Waals surface area contributed by atoms with E-state index in [-0.39, 0.29) is 16.9 Å². The third-order valence-electron chi connectivity index (χ3n) is 7.89. The van der Waals surface area contributed by atoms with Crippen LogP contribution in [0.1, 0.15) is 36.0 Å². The number of fused-ring (bicyclic) bond motifs is 1. The molecule has 0 aromatic heterocycles. The second kappa shape index (κ2) is 8.80. The van der Waals surface area contributed by atoms with Crippen molar-refractivity contribution in [3.63, 3.8) is 0 Å². The molecule has 1 amide bonds. The zero-order valence-corrected chi connectivity index (χ0v) is 21.3. The highest BCUT2D eigenvalue weighted by atomic mass is 32.2. The standard InChI is InChI=1S/C26H31NO7S/c1-16-5-7-19(8-6-16)35(29,30)34-24-21-14-18(31-2)9-11-26(21)20-15-23(33-4)22(32-3)13-17(20)10-12-27(26)25(24)28/h5-8,13,15,18,21,24H,9-12,14H2,1-4H3/t18-,21-,24-,26+/m0/s1. The van der Waals surface area contributed by atoms with Gasteiger partial charge in [0.25, 0.3) is 16.0 Å². The number of amides is 1. The Morgan fingerprint density at radius 2 is 1.71 bits per heavy atom. The Kier molecular flexibility index (Phi) is 6.05. The lowest BCUT2D eigenvalue weighted by Crippen LogP contribution is -2.53. The third-order valence-corrected chi connectivity index (χ3v) is 9.20. The minimum atomic E-state index is -4.15. The SMILES string of the molecule is COc1cc2c(cc1OC)[C@]13CC[C@H](OC)C[C@H]1[C@H](OS(=O)(=O)c1ccc(C)cc1)C(=O)N3CC2. The van der Waals surface area contributed by atoms with Gasteiger partial charge in [-0.1, -0.05) is 17.7 Å². The van der Waals surface area contributed by atoms with Crippen LogP contribution in [0, 0.1) is 12.8 Å². The summed E-state index contributed by atoms with van der Waals surface area (Å²) in [5.74, 6) is 0.533. The monoisotopic (exact) mass is 501 g/mol. The maximum atomic E-state index is 13.8. The van der Waals surface area contributed by atoms with Crippen molar-refractivity contribution >= 4 is 16.0 Å². The minimum Gasteiger partial charge on any atom is -0.493 e. The van der Waals surface area contributed by atoms with Crippen molar-refractivity contribution in [2.45, 2.75) is 55.2 Å². The Morgan fingerprint density at radius 3 is 2.37 bits per heavy atom. The van der Waals surface area contributed by atoms with Crippen molar-refractivity contribution in [1.82, 2.24) is 4.90 Å². The Labute approximate surface area is 206 Å². The molecule has 3 aliphatic rings. The van der Waals surface area contributed by atoms with E-state index in [4.69, 9.17) is 18.4 Å². The summed E-state index contributed by atoms with van der Waals surface area (Å²) >= 11 is 0. The summed E-state index contributed by atoms with van der Waals surface area (Å²) in [4.78, 5) is 15.7. The van der Waals surface area contributed by atoms with Crippen LogP contribution in [0.3, 0.4) is 0 Å². The van der Waals surface area contributed by atoms with Gasteiger partial charge < -0.3 is 19.1 Å². The molecule has 9 heteroatoms. The van der Waals surface area contributed by atoms with Gasteiger partial charge >= 0.3 is 0 Å². The molecule has 0 bridgehead atoms. The van der Waals surface area contributed by atoms with Crippen LogP contribution in [-0.2, 0) is 35.8 Å². The van der Waals surface area contributed by atoms with Crippen molar-refractivity contribution in [3.8, 4) is 11.5 Å². The summed E-state index contributed by atoms with van der Waals surface area (Å²) in [7, 11) is 0.689. The van der Waals surface area contributed by atoms with Crippen molar-refractivity contribution in [2.75, 3.05) is 27.9 Å². The number of hydrogen-bond donors (Lipinski definition) is 0. The molecular weight excluding hydrogens is 470 g/mol. The molecule has 2 fully saturated rings. The van der Waals surface area contributed by atoms with Crippen LogP contribution in [0.5, 0.6) is 11.5 Å². The topological polar surface area (TPSA) is 91.4 Å². The van der Waals surface area contributed by atoms with E-state index in [1.807, 2.05) is 24.0 Å². The van der Waals surface area contributed by atoms with Gasteiger partial charge in [-0.05, 0) is 68.0 Å². The molecule has 35 heavy (non-hydrogen) atoms.